The van der Waals surface area contributed by atoms with E-state index in [2.05, 4.69) is 25.9 Å². The first-order valence-electron chi connectivity index (χ1n) is 5.82. The maximum Gasteiger partial charge on any atom is 0.247 e. The normalized spacial score (nSPS) is 10.2. The van der Waals surface area contributed by atoms with Crippen LogP contribution in [0.25, 0.3) is 0 Å². The highest BCUT2D eigenvalue weighted by atomic mass is 79.9. The summed E-state index contributed by atoms with van der Waals surface area (Å²) in [7, 11) is 2.91. The average molecular weight is 337 g/mol. The molecule has 0 aliphatic heterocycles. The summed E-state index contributed by atoms with van der Waals surface area (Å²) in [6, 6.07) is 5.45. The molecule has 0 aliphatic rings. The Bertz CT molecular complexity index is 639. The van der Waals surface area contributed by atoms with Crippen molar-refractivity contribution in [2.45, 2.75) is 6.92 Å². The van der Waals surface area contributed by atoms with E-state index in [4.69, 9.17) is 9.47 Å². The van der Waals surface area contributed by atoms with Gasteiger partial charge in [-0.3, -0.25) is 4.79 Å². The molecule has 5 nitrogen and oxygen atoms in total. The van der Waals surface area contributed by atoms with Crippen LogP contribution in [0.15, 0.2) is 28.9 Å². The van der Waals surface area contributed by atoms with Crippen LogP contribution in [0.4, 0.5) is 0 Å². The topological polar surface area (TPSA) is 61.3 Å². The number of benzene rings is 1. The number of rotatable bonds is 4. The van der Waals surface area contributed by atoms with Gasteiger partial charge >= 0.3 is 0 Å². The summed E-state index contributed by atoms with van der Waals surface area (Å²) in [5.41, 5.74) is 1.66. The zero-order valence-corrected chi connectivity index (χ0v) is 12.9. The molecule has 1 heterocycles. The molecule has 0 aliphatic carbocycles. The van der Waals surface area contributed by atoms with E-state index in [1.807, 2.05) is 13.0 Å². The number of nitrogens with zero attached hydrogens (tertiary/aromatic N) is 2. The molecule has 20 heavy (non-hydrogen) atoms. The Balaban J connectivity index is 2.47. The van der Waals surface area contributed by atoms with E-state index < -0.39 is 0 Å². The lowest BCUT2D eigenvalue weighted by atomic mass is 10.1. The number of ether oxygens (including phenoxy) is 2. The predicted molar refractivity (Wildman–Crippen MR) is 77.4 cm³/mol. The monoisotopic (exact) mass is 336 g/mol. The number of hydrogen-bond donors (Lipinski definition) is 0. The summed E-state index contributed by atoms with van der Waals surface area (Å²) >= 11 is 3.37. The number of ketones is 1. The van der Waals surface area contributed by atoms with E-state index in [1.165, 1.54) is 20.4 Å². The molecule has 104 valence electrons. The van der Waals surface area contributed by atoms with E-state index in [9.17, 15) is 4.79 Å². The first-order valence-corrected chi connectivity index (χ1v) is 6.61. The van der Waals surface area contributed by atoms with E-state index in [1.54, 1.807) is 12.1 Å². The van der Waals surface area contributed by atoms with Gasteiger partial charge in [0.15, 0.2) is 5.69 Å². The minimum atomic E-state index is -0.249. The SMILES string of the molecule is COc1cnc(C(=O)c2cc(C)cc(Br)c2)c(OC)n1. The fraction of sp³-hybridized carbons (Fsp3) is 0.214. The fourth-order valence-corrected chi connectivity index (χ4v) is 2.37. The summed E-state index contributed by atoms with van der Waals surface area (Å²) in [6.07, 6.45) is 1.39. The standard InChI is InChI=1S/C14H13BrN2O3/c1-8-4-9(6-10(15)5-8)13(18)12-14(20-3)17-11(19-2)7-16-12/h4-7H,1-3H3. The van der Waals surface area contributed by atoms with Crippen LogP contribution in [0.1, 0.15) is 21.6 Å². The molecular formula is C14H13BrN2O3. The third-order valence-electron chi connectivity index (χ3n) is 2.64. The van der Waals surface area contributed by atoms with Crippen LogP contribution in [0.2, 0.25) is 0 Å². The number of hydrogen-bond acceptors (Lipinski definition) is 5. The van der Waals surface area contributed by atoms with Gasteiger partial charge in [0.05, 0.1) is 20.4 Å². The maximum absolute atomic E-state index is 12.5. The van der Waals surface area contributed by atoms with Gasteiger partial charge in [-0.25, -0.2) is 4.98 Å². The van der Waals surface area contributed by atoms with Gasteiger partial charge in [0.1, 0.15) is 0 Å². The molecule has 1 aromatic heterocycles. The van der Waals surface area contributed by atoms with E-state index in [0.29, 0.717) is 11.4 Å². The predicted octanol–water partition coefficient (Wildman–Crippen LogP) is 2.80. The van der Waals surface area contributed by atoms with Crippen molar-refractivity contribution in [1.82, 2.24) is 9.97 Å². The van der Waals surface area contributed by atoms with Crippen LogP contribution in [0, 0.1) is 6.92 Å². The zero-order valence-electron chi connectivity index (χ0n) is 11.3. The highest BCUT2D eigenvalue weighted by molar-refractivity contribution is 9.10. The molecule has 0 fully saturated rings. The van der Waals surface area contributed by atoms with Crippen molar-refractivity contribution in [2.24, 2.45) is 0 Å². The Morgan fingerprint density at radius 1 is 1.20 bits per heavy atom. The van der Waals surface area contributed by atoms with E-state index >= 15 is 0 Å². The molecule has 1 aromatic carbocycles. The maximum atomic E-state index is 12.5. The fourth-order valence-electron chi connectivity index (χ4n) is 1.76. The van der Waals surface area contributed by atoms with Crippen molar-refractivity contribution in [2.75, 3.05) is 14.2 Å². The molecule has 0 spiro atoms. The highest BCUT2D eigenvalue weighted by Crippen LogP contribution is 2.22. The minimum absolute atomic E-state index is 0.145. The summed E-state index contributed by atoms with van der Waals surface area (Å²) in [5, 5.41) is 0. The Morgan fingerprint density at radius 3 is 2.55 bits per heavy atom. The average Bonchev–Trinajstić information content (AvgIpc) is 2.44. The van der Waals surface area contributed by atoms with Crippen LogP contribution in [-0.4, -0.2) is 30.0 Å². The Kier molecular flexibility index (Phi) is 4.34. The number of methoxy groups -OCH3 is 2. The first kappa shape index (κ1) is 14.5. The molecule has 0 unspecified atom stereocenters. The van der Waals surface area contributed by atoms with Crippen molar-refractivity contribution in [3.63, 3.8) is 0 Å². The van der Waals surface area contributed by atoms with Crippen LogP contribution in [0.5, 0.6) is 11.8 Å². The van der Waals surface area contributed by atoms with E-state index in [-0.39, 0.29) is 17.4 Å². The van der Waals surface area contributed by atoms with Crippen LogP contribution >= 0.6 is 15.9 Å². The van der Waals surface area contributed by atoms with Gasteiger partial charge in [0.2, 0.25) is 17.5 Å². The molecular weight excluding hydrogens is 324 g/mol. The van der Waals surface area contributed by atoms with Crippen molar-refractivity contribution in [3.8, 4) is 11.8 Å². The summed E-state index contributed by atoms with van der Waals surface area (Å²) in [6.45, 7) is 1.92. The lowest BCUT2D eigenvalue weighted by molar-refractivity contribution is 0.103. The van der Waals surface area contributed by atoms with Gasteiger partial charge in [0.25, 0.3) is 0 Å². The lowest BCUT2D eigenvalue weighted by Gasteiger charge is -2.08. The minimum Gasteiger partial charge on any atom is -0.480 e. The Hall–Kier alpha value is -1.95. The van der Waals surface area contributed by atoms with Crippen molar-refractivity contribution >= 4 is 21.7 Å². The number of halogens is 1. The number of aryl methyl sites for hydroxylation is 1. The molecule has 0 bridgehead atoms. The molecule has 6 heteroatoms. The molecule has 0 saturated heterocycles. The second-order valence-electron chi connectivity index (χ2n) is 4.12. The number of aromatic nitrogens is 2. The smallest absolute Gasteiger partial charge is 0.247 e. The molecule has 0 saturated carbocycles. The van der Waals surface area contributed by atoms with Gasteiger partial charge in [-0.15, -0.1) is 0 Å². The first-order chi connectivity index (χ1) is 9.55. The number of carbonyl (C=O) groups excluding carboxylic acids is 1. The summed E-state index contributed by atoms with van der Waals surface area (Å²) < 4.78 is 10.9. The van der Waals surface area contributed by atoms with Crippen molar-refractivity contribution in [3.05, 3.63) is 45.7 Å². The third kappa shape index (κ3) is 2.96. The highest BCUT2D eigenvalue weighted by Gasteiger charge is 2.19. The number of carbonyl (C=O) groups is 1. The quantitative estimate of drug-likeness (QED) is 0.803. The molecule has 0 radical (unpaired) electrons. The summed E-state index contributed by atoms with van der Waals surface area (Å²) in [5.74, 6) is 0.192. The van der Waals surface area contributed by atoms with Crippen LogP contribution in [-0.2, 0) is 0 Å². The molecule has 0 N–H and O–H groups in total. The van der Waals surface area contributed by atoms with Gasteiger partial charge < -0.3 is 9.47 Å². The lowest BCUT2D eigenvalue weighted by Crippen LogP contribution is -2.09. The Labute approximate surface area is 125 Å². The Morgan fingerprint density at radius 2 is 1.95 bits per heavy atom. The van der Waals surface area contributed by atoms with E-state index in [0.717, 1.165) is 10.0 Å². The van der Waals surface area contributed by atoms with Crippen LogP contribution < -0.4 is 9.47 Å². The molecule has 2 rings (SSSR count). The zero-order chi connectivity index (χ0) is 14.7. The van der Waals surface area contributed by atoms with Gasteiger partial charge in [-0.1, -0.05) is 15.9 Å². The third-order valence-corrected chi connectivity index (χ3v) is 3.10. The van der Waals surface area contributed by atoms with Crippen molar-refractivity contribution in [1.29, 1.82) is 0 Å². The largest absolute Gasteiger partial charge is 0.480 e. The second-order valence-corrected chi connectivity index (χ2v) is 5.03. The van der Waals surface area contributed by atoms with Crippen molar-refractivity contribution < 1.29 is 14.3 Å². The van der Waals surface area contributed by atoms with Gasteiger partial charge in [0, 0.05) is 10.0 Å². The summed E-state index contributed by atoms with van der Waals surface area (Å²) in [4.78, 5) is 20.6. The second kappa shape index (κ2) is 6.00. The van der Waals surface area contributed by atoms with Crippen LogP contribution in [0.3, 0.4) is 0 Å². The molecule has 0 amide bonds. The van der Waals surface area contributed by atoms with Gasteiger partial charge in [-0.2, -0.15) is 4.98 Å². The van der Waals surface area contributed by atoms with Gasteiger partial charge in [-0.05, 0) is 30.7 Å². The molecule has 0 atom stereocenters. The molecule has 2 aromatic rings.